The van der Waals surface area contributed by atoms with E-state index < -0.39 is 0 Å². The van der Waals surface area contributed by atoms with Crippen LogP contribution in [0.3, 0.4) is 0 Å². The summed E-state index contributed by atoms with van der Waals surface area (Å²) in [5.74, 6) is 1.86. The van der Waals surface area contributed by atoms with Crippen LogP contribution < -0.4 is 4.90 Å². The molecule has 4 rings (SSSR count). The summed E-state index contributed by atoms with van der Waals surface area (Å²) < 4.78 is 6.65. The van der Waals surface area contributed by atoms with Gasteiger partial charge in [-0.05, 0) is 29.5 Å². The highest BCUT2D eigenvalue weighted by Gasteiger charge is 2.18. The van der Waals surface area contributed by atoms with Crippen molar-refractivity contribution in [2.75, 3.05) is 31.2 Å². The summed E-state index contributed by atoms with van der Waals surface area (Å²) >= 11 is 1.71. The van der Waals surface area contributed by atoms with E-state index in [1.54, 1.807) is 11.3 Å². The summed E-state index contributed by atoms with van der Waals surface area (Å²) in [7, 11) is 0. The first kappa shape index (κ1) is 14.6. The van der Waals surface area contributed by atoms with E-state index in [2.05, 4.69) is 47.5 Å². The van der Waals surface area contributed by atoms with Gasteiger partial charge < -0.3 is 9.64 Å². The second kappa shape index (κ2) is 6.26. The highest BCUT2D eigenvalue weighted by Crippen LogP contribution is 2.32. The number of aryl methyl sites for hydroxylation is 1. The lowest BCUT2D eigenvalue weighted by Crippen LogP contribution is -2.36. The van der Waals surface area contributed by atoms with Gasteiger partial charge in [-0.15, -0.1) is 11.3 Å². The number of benzene rings is 1. The normalized spacial score (nSPS) is 15.3. The molecule has 1 aliphatic rings. The van der Waals surface area contributed by atoms with Gasteiger partial charge in [0.15, 0.2) is 11.6 Å². The summed E-state index contributed by atoms with van der Waals surface area (Å²) in [4.78, 5) is 12.0. The van der Waals surface area contributed by atoms with E-state index in [9.17, 15) is 0 Å². The molecule has 0 spiro atoms. The van der Waals surface area contributed by atoms with Crippen LogP contribution in [0.5, 0.6) is 0 Å². The molecule has 1 aliphatic heterocycles. The van der Waals surface area contributed by atoms with Gasteiger partial charge in [0.25, 0.3) is 0 Å². The van der Waals surface area contributed by atoms with Crippen LogP contribution in [-0.4, -0.2) is 36.3 Å². The van der Waals surface area contributed by atoms with Crippen LogP contribution in [0, 0.1) is 0 Å². The topological polar surface area (TPSA) is 38.2 Å². The van der Waals surface area contributed by atoms with Gasteiger partial charge in [0.1, 0.15) is 0 Å². The van der Waals surface area contributed by atoms with Gasteiger partial charge in [0.05, 0.1) is 23.4 Å². The van der Waals surface area contributed by atoms with Crippen LogP contribution in [0.25, 0.3) is 21.6 Å². The SMILES string of the molecule is CCc1cccc(-c2nc(N3CCOCC3)c3sccc3n2)c1. The monoisotopic (exact) mass is 325 g/mol. The molecule has 4 nitrogen and oxygen atoms in total. The fraction of sp³-hybridized carbons (Fsp3) is 0.333. The smallest absolute Gasteiger partial charge is 0.162 e. The Hall–Kier alpha value is -1.98. The first-order valence-electron chi connectivity index (χ1n) is 8.02. The van der Waals surface area contributed by atoms with Crippen LogP contribution in [0.1, 0.15) is 12.5 Å². The molecule has 1 saturated heterocycles. The van der Waals surface area contributed by atoms with E-state index in [1.807, 2.05) is 0 Å². The Kier molecular flexibility index (Phi) is 3.97. The van der Waals surface area contributed by atoms with Gasteiger partial charge in [-0.3, -0.25) is 0 Å². The minimum Gasteiger partial charge on any atom is -0.378 e. The Balaban J connectivity index is 1.83. The largest absolute Gasteiger partial charge is 0.378 e. The van der Waals surface area contributed by atoms with Gasteiger partial charge in [0, 0.05) is 18.7 Å². The molecule has 0 unspecified atom stereocenters. The maximum absolute atomic E-state index is 5.48. The molecule has 1 fully saturated rings. The van der Waals surface area contributed by atoms with Crippen LogP contribution in [0.15, 0.2) is 35.7 Å². The molecule has 5 heteroatoms. The second-order valence-electron chi connectivity index (χ2n) is 5.66. The lowest BCUT2D eigenvalue weighted by atomic mass is 10.1. The highest BCUT2D eigenvalue weighted by atomic mass is 32.1. The quantitative estimate of drug-likeness (QED) is 0.735. The summed E-state index contributed by atoms with van der Waals surface area (Å²) in [6.45, 7) is 5.47. The number of fused-ring (bicyclic) bond motifs is 1. The Bertz CT molecular complexity index is 824. The lowest BCUT2D eigenvalue weighted by molar-refractivity contribution is 0.122. The molecule has 0 radical (unpaired) electrons. The minimum atomic E-state index is 0.761. The van der Waals surface area contributed by atoms with Crippen molar-refractivity contribution in [2.45, 2.75) is 13.3 Å². The van der Waals surface area contributed by atoms with Gasteiger partial charge in [0.2, 0.25) is 0 Å². The highest BCUT2D eigenvalue weighted by molar-refractivity contribution is 7.17. The van der Waals surface area contributed by atoms with Crippen molar-refractivity contribution in [3.8, 4) is 11.4 Å². The molecule has 23 heavy (non-hydrogen) atoms. The second-order valence-corrected chi connectivity index (χ2v) is 6.58. The van der Waals surface area contributed by atoms with Crippen LogP contribution in [0.4, 0.5) is 5.82 Å². The first-order chi connectivity index (χ1) is 11.3. The van der Waals surface area contributed by atoms with E-state index >= 15 is 0 Å². The molecule has 0 atom stereocenters. The lowest BCUT2D eigenvalue weighted by Gasteiger charge is -2.28. The van der Waals surface area contributed by atoms with Gasteiger partial charge >= 0.3 is 0 Å². The zero-order valence-corrected chi connectivity index (χ0v) is 14.0. The number of thiophene rings is 1. The summed E-state index contributed by atoms with van der Waals surface area (Å²) in [6, 6.07) is 10.6. The molecule has 0 aliphatic carbocycles. The number of hydrogen-bond donors (Lipinski definition) is 0. The zero-order chi connectivity index (χ0) is 15.6. The fourth-order valence-electron chi connectivity index (χ4n) is 2.90. The van der Waals surface area contributed by atoms with Crippen LogP contribution >= 0.6 is 11.3 Å². The minimum absolute atomic E-state index is 0.761. The third kappa shape index (κ3) is 2.82. The van der Waals surface area contributed by atoms with Crippen molar-refractivity contribution in [1.82, 2.24) is 9.97 Å². The number of nitrogens with zero attached hydrogens (tertiary/aromatic N) is 3. The molecule has 2 aromatic heterocycles. The number of rotatable bonds is 3. The maximum atomic E-state index is 5.48. The predicted molar refractivity (Wildman–Crippen MR) is 95.3 cm³/mol. The standard InChI is InChI=1S/C18H19N3OS/c1-2-13-4-3-5-14(12-13)17-19-15-6-11-23-16(15)18(20-17)21-7-9-22-10-8-21/h3-6,11-12H,2,7-10H2,1H3. The summed E-state index contributed by atoms with van der Waals surface area (Å²) in [6.07, 6.45) is 1.02. The third-order valence-corrected chi connectivity index (χ3v) is 5.09. The molecule has 3 heterocycles. The van der Waals surface area contributed by atoms with Gasteiger partial charge in [-0.2, -0.15) is 0 Å². The maximum Gasteiger partial charge on any atom is 0.162 e. The first-order valence-corrected chi connectivity index (χ1v) is 8.90. The molecular formula is C18H19N3OS. The van der Waals surface area contributed by atoms with Crippen molar-refractivity contribution in [1.29, 1.82) is 0 Å². The molecule has 0 N–H and O–H groups in total. The molecule has 0 saturated carbocycles. The average Bonchev–Trinajstić information content (AvgIpc) is 3.10. The van der Waals surface area contributed by atoms with E-state index in [0.29, 0.717) is 0 Å². The molecule has 1 aromatic carbocycles. The number of aromatic nitrogens is 2. The summed E-state index contributed by atoms with van der Waals surface area (Å²) in [5, 5.41) is 2.09. The van der Waals surface area contributed by atoms with Gasteiger partial charge in [-0.1, -0.05) is 25.1 Å². The fourth-order valence-corrected chi connectivity index (χ4v) is 3.74. The summed E-state index contributed by atoms with van der Waals surface area (Å²) in [5.41, 5.74) is 3.43. The number of morpholine rings is 1. The Morgan fingerprint density at radius 2 is 2.04 bits per heavy atom. The Morgan fingerprint density at radius 3 is 2.87 bits per heavy atom. The number of ether oxygens (including phenoxy) is 1. The molecule has 0 bridgehead atoms. The van der Waals surface area contributed by atoms with Gasteiger partial charge in [-0.25, -0.2) is 9.97 Å². The van der Waals surface area contributed by atoms with E-state index in [-0.39, 0.29) is 0 Å². The van der Waals surface area contributed by atoms with Crippen molar-refractivity contribution in [3.05, 3.63) is 41.3 Å². The van der Waals surface area contributed by atoms with Crippen molar-refractivity contribution in [3.63, 3.8) is 0 Å². The molecular weight excluding hydrogens is 306 g/mol. The predicted octanol–water partition coefficient (Wildman–Crippen LogP) is 3.76. The van der Waals surface area contributed by atoms with Crippen molar-refractivity contribution < 1.29 is 4.74 Å². The van der Waals surface area contributed by atoms with E-state index in [4.69, 9.17) is 14.7 Å². The third-order valence-electron chi connectivity index (χ3n) is 4.19. The van der Waals surface area contributed by atoms with Crippen molar-refractivity contribution in [2.24, 2.45) is 0 Å². The number of hydrogen-bond acceptors (Lipinski definition) is 5. The zero-order valence-electron chi connectivity index (χ0n) is 13.2. The Morgan fingerprint density at radius 1 is 1.17 bits per heavy atom. The van der Waals surface area contributed by atoms with E-state index in [0.717, 1.165) is 55.4 Å². The van der Waals surface area contributed by atoms with E-state index in [1.165, 1.54) is 10.3 Å². The molecule has 118 valence electrons. The average molecular weight is 325 g/mol. The van der Waals surface area contributed by atoms with Crippen molar-refractivity contribution >= 4 is 27.4 Å². The van der Waals surface area contributed by atoms with Crippen LogP contribution in [0.2, 0.25) is 0 Å². The van der Waals surface area contributed by atoms with Crippen LogP contribution in [-0.2, 0) is 11.2 Å². The molecule has 3 aromatic rings. The molecule has 0 amide bonds. The Labute approximate surface area is 139 Å². The number of anilines is 1.